The molecule has 1 rings (SSSR count). The molecule has 7 nitrogen and oxygen atoms in total. The third-order valence-electron chi connectivity index (χ3n) is 1.89. The van der Waals surface area contributed by atoms with Crippen LogP contribution in [0.25, 0.3) is 0 Å². The number of ether oxygens (including phenoxy) is 1. The molecule has 3 N–H and O–H groups in total. The van der Waals surface area contributed by atoms with E-state index in [0.29, 0.717) is 10.7 Å². The highest BCUT2D eigenvalue weighted by atomic mass is 79.9. The number of carbonyl (C=O) groups excluding carboxylic acids is 2. The van der Waals surface area contributed by atoms with Gasteiger partial charge in [-0.25, -0.2) is 9.59 Å². The summed E-state index contributed by atoms with van der Waals surface area (Å²) in [5, 5.41) is 12.9. The van der Waals surface area contributed by atoms with E-state index in [2.05, 4.69) is 26.0 Å². The van der Waals surface area contributed by atoms with Crippen LogP contribution in [0.1, 0.15) is 0 Å². The Hall–Kier alpha value is -1.64. The maximum atomic E-state index is 11.5. The molecular formula is C11H10BrClN2O5. The minimum Gasteiger partial charge on any atom is -0.480 e. The highest BCUT2D eigenvalue weighted by molar-refractivity contribution is 9.10. The summed E-state index contributed by atoms with van der Waals surface area (Å²) in [6.45, 7) is -1.15. The van der Waals surface area contributed by atoms with E-state index in [0.717, 1.165) is 4.47 Å². The number of amides is 3. The van der Waals surface area contributed by atoms with Crippen molar-refractivity contribution < 1.29 is 24.2 Å². The van der Waals surface area contributed by atoms with Crippen LogP contribution in [0.5, 0.6) is 0 Å². The van der Waals surface area contributed by atoms with E-state index in [1.54, 1.807) is 18.2 Å². The first-order chi connectivity index (χ1) is 9.38. The van der Waals surface area contributed by atoms with Gasteiger partial charge in [-0.1, -0.05) is 27.5 Å². The average Bonchev–Trinajstić information content (AvgIpc) is 2.32. The van der Waals surface area contributed by atoms with Gasteiger partial charge in [0.2, 0.25) is 0 Å². The van der Waals surface area contributed by atoms with Gasteiger partial charge in [-0.3, -0.25) is 10.1 Å². The van der Waals surface area contributed by atoms with E-state index in [-0.39, 0.29) is 0 Å². The van der Waals surface area contributed by atoms with Crippen LogP contribution in [0.3, 0.4) is 0 Å². The monoisotopic (exact) mass is 364 g/mol. The lowest BCUT2D eigenvalue weighted by atomic mass is 10.3. The number of carboxylic acids is 1. The average molecular weight is 366 g/mol. The Morgan fingerprint density at radius 2 is 2.00 bits per heavy atom. The van der Waals surface area contributed by atoms with Gasteiger partial charge in [-0.2, -0.15) is 0 Å². The first-order valence-electron chi connectivity index (χ1n) is 5.24. The minimum atomic E-state index is -1.20. The Bertz CT molecular complexity index is 538. The molecule has 0 aliphatic heterocycles. The number of anilines is 1. The maximum absolute atomic E-state index is 11.5. The fraction of sp³-hybridized carbons (Fsp3) is 0.182. The van der Waals surface area contributed by atoms with Gasteiger partial charge in [0, 0.05) is 4.47 Å². The number of nitrogens with one attached hydrogen (secondary N) is 2. The van der Waals surface area contributed by atoms with E-state index >= 15 is 0 Å². The maximum Gasteiger partial charge on any atom is 0.329 e. The number of carbonyl (C=O) groups is 3. The Morgan fingerprint density at radius 3 is 2.60 bits per heavy atom. The Labute approximate surface area is 127 Å². The zero-order chi connectivity index (χ0) is 15.1. The summed E-state index contributed by atoms with van der Waals surface area (Å²) in [4.78, 5) is 32.9. The van der Waals surface area contributed by atoms with Crippen molar-refractivity contribution in [2.45, 2.75) is 0 Å². The van der Waals surface area contributed by atoms with Gasteiger partial charge in [0.1, 0.15) is 13.2 Å². The van der Waals surface area contributed by atoms with Crippen molar-refractivity contribution in [2.24, 2.45) is 0 Å². The van der Waals surface area contributed by atoms with E-state index in [9.17, 15) is 14.4 Å². The summed E-state index contributed by atoms with van der Waals surface area (Å²) in [6, 6.07) is 4.00. The molecule has 9 heteroatoms. The zero-order valence-electron chi connectivity index (χ0n) is 9.98. The third-order valence-corrected chi connectivity index (χ3v) is 2.70. The lowest BCUT2D eigenvalue weighted by molar-refractivity contribution is -0.143. The zero-order valence-corrected chi connectivity index (χ0v) is 12.3. The summed E-state index contributed by atoms with van der Waals surface area (Å²) in [6.07, 6.45) is 0. The molecule has 1 aromatic carbocycles. The van der Waals surface area contributed by atoms with Gasteiger partial charge < -0.3 is 15.2 Å². The summed E-state index contributed by atoms with van der Waals surface area (Å²) >= 11 is 9.09. The van der Waals surface area contributed by atoms with Crippen LogP contribution >= 0.6 is 27.5 Å². The molecule has 0 heterocycles. The predicted molar refractivity (Wildman–Crippen MR) is 74.8 cm³/mol. The van der Waals surface area contributed by atoms with Gasteiger partial charge in [0.05, 0.1) is 10.7 Å². The Kier molecular flexibility index (Phi) is 6.43. The Balaban J connectivity index is 2.43. The number of benzene rings is 1. The quantitative estimate of drug-likeness (QED) is 0.738. The first-order valence-corrected chi connectivity index (χ1v) is 6.41. The fourth-order valence-electron chi connectivity index (χ4n) is 1.14. The number of hydrogen-bond acceptors (Lipinski definition) is 4. The molecule has 0 atom stereocenters. The molecule has 0 radical (unpaired) electrons. The number of imide groups is 1. The van der Waals surface area contributed by atoms with Crippen LogP contribution in [0.15, 0.2) is 22.7 Å². The second-order valence-corrected chi connectivity index (χ2v) is 4.84. The van der Waals surface area contributed by atoms with Gasteiger partial charge in [0.15, 0.2) is 0 Å². The van der Waals surface area contributed by atoms with Crippen molar-refractivity contribution in [3.8, 4) is 0 Å². The fourth-order valence-corrected chi connectivity index (χ4v) is 1.86. The molecule has 0 aliphatic carbocycles. The molecule has 108 valence electrons. The van der Waals surface area contributed by atoms with E-state index < -0.39 is 31.1 Å². The SMILES string of the molecule is O=C(O)COCC(=O)NC(=O)Nc1ccc(Br)cc1Cl. The predicted octanol–water partition coefficient (Wildman–Crippen LogP) is 1.85. The summed E-state index contributed by atoms with van der Waals surface area (Å²) in [5.74, 6) is -1.97. The summed E-state index contributed by atoms with van der Waals surface area (Å²) in [7, 11) is 0. The van der Waals surface area contributed by atoms with Crippen molar-refractivity contribution in [1.82, 2.24) is 5.32 Å². The van der Waals surface area contributed by atoms with Crippen LogP contribution in [-0.2, 0) is 14.3 Å². The first kappa shape index (κ1) is 16.4. The van der Waals surface area contributed by atoms with E-state index in [1.807, 2.05) is 5.32 Å². The number of carboxylic acid groups (broad SMARTS) is 1. The molecule has 0 aliphatic rings. The number of aliphatic carboxylic acids is 1. The van der Waals surface area contributed by atoms with Crippen molar-refractivity contribution >= 4 is 51.1 Å². The molecule has 0 spiro atoms. The van der Waals surface area contributed by atoms with Gasteiger partial charge in [0.25, 0.3) is 5.91 Å². The second-order valence-electron chi connectivity index (χ2n) is 3.51. The number of urea groups is 1. The normalized spacial score (nSPS) is 9.90. The van der Waals surface area contributed by atoms with Gasteiger partial charge >= 0.3 is 12.0 Å². The van der Waals surface area contributed by atoms with E-state index in [1.165, 1.54) is 0 Å². The molecule has 1 aromatic rings. The van der Waals surface area contributed by atoms with Crippen molar-refractivity contribution in [3.05, 3.63) is 27.7 Å². The molecular weight excluding hydrogens is 355 g/mol. The van der Waals surface area contributed by atoms with E-state index in [4.69, 9.17) is 16.7 Å². The van der Waals surface area contributed by atoms with Gasteiger partial charge in [-0.15, -0.1) is 0 Å². The standard InChI is InChI=1S/C11H10BrClN2O5/c12-6-1-2-8(7(13)3-6)14-11(19)15-9(16)4-20-5-10(17)18/h1-3H,4-5H2,(H,17,18)(H2,14,15,16,19). The summed E-state index contributed by atoms with van der Waals surface area (Å²) < 4.78 is 5.27. The molecule has 0 saturated carbocycles. The molecule has 3 amide bonds. The van der Waals surface area contributed by atoms with Gasteiger partial charge in [-0.05, 0) is 18.2 Å². The lowest BCUT2D eigenvalue weighted by Crippen LogP contribution is -2.37. The molecule has 0 unspecified atom stereocenters. The number of halogens is 2. The minimum absolute atomic E-state index is 0.295. The molecule has 20 heavy (non-hydrogen) atoms. The van der Waals surface area contributed by atoms with Crippen LogP contribution < -0.4 is 10.6 Å². The Morgan fingerprint density at radius 1 is 1.30 bits per heavy atom. The van der Waals surface area contributed by atoms with Crippen LogP contribution in [0.2, 0.25) is 5.02 Å². The molecule has 0 saturated heterocycles. The van der Waals surface area contributed by atoms with Crippen molar-refractivity contribution in [2.75, 3.05) is 18.5 Å². The lowest BCUT2D eigenvalue weighted by Gasteiger charge is -2.08. The molecule has 0 bridgehead atoms. The van der Waals surface area contributed by atoms with Crippen LogP contribution in [0, 0.1) is 0 Å². The smallest absolute Gasteiger partial charge is 0.329 e. The number of rotatable bonds is 5. The third kappa shape index (κ3) is 6.00. The second kappa shape index (κ2) is 7.83. The number of hydrogen-bond donors (Lipinski definition) is 3. The topological polar surface area (TPSA) is 105 Å². The van der Waals surface area contributed by atoms with Crippen LogP contribution in [-0.4, -0.2) is 36.2 Å². The van der Waals surface area contributed by atoms with Crippen molar-refractivity contribution in [1.29, 1.82) is 0 Å². The van der Waals surface area contributed by atoms with Crippen molar-refractivity contribution in [3.63, 3.8) is 0 Å². The summed E-state index contributed by atoms with van der Waals surface area (Å²) in [5.41, 5.74) is 0.326. The highest BCUT2D eigenvalue weighted by Gasteiger charge is 2.10. The molecule has 0 aromatic heterocycles. The molecule has 0 fully saturated rings. The highest BCUT2D eigenvalue weighted by Crippen LogP contribution is 2.25. The van der Waals surface area contributed by atoms with Crippen LogP contribution in [0.4, 0.5) is 10.5 Å². The largest absolute Gasteiger partial charge is 0.480 e.